The van der Waals surface area contributed by atoms with Crippen LogP contribution in [0.3, 0.4) is 0 Å². The molecule has 1 saturated carbocycles. The Morgan fingerprint density at radius 1 is 1.17 bits per heavy atom. The zero-order valence-electron chi connectivity index (χ0n) is 20.4. The van der Waals surface area contributed by atoms with E-state index in [9.17, 15) is 23.1 Å². The Labute approximate surface area is 205 Å². The fourth-order valence-electron chi connectivity index (χ4n) is 5.90. The van der Waals surface area contributed by atoms with Crippen LogP contribution in [0.2, 0.25) is 0 Å². The molecule has 4 nitrogen and oxygen atoms in total. The molecule has 1 aliphatic heterocycles. The first-order valence-electron chi connectivity index (χ1n) is 12.9. The number of benzene rings is 2. The number of carbonyl (C=O) groups is 1. The van der Waals surface area contributed by atoms with Crippen LogP contribution in [0, 0.1) is 11.3 Å². The number of fused-ring (bicyclic) bond motifs is 1. The number of carboxylic acids is 1. The molecule has 4 rings (SSSR count). The molecule has 0 aromatic heterocycles. The molecule has 35 heavy (non-hydrogen) atoms. The third kappa shape index (κ3) is 6.49. The van der Waals surface area contributed by atoms with E-state index < -0.39 is 17.7 Å². The van der Waals surface area contributed by atoms with E-state index in [1.165, 1.54) is 6.07 Å². The van der Waals surface area contributed by atoms with Crippen LogP contribution in [0.5, 0.6) is 5.75 Å². The van der Waals surface area contributed by atoms with Gasteiger partial charge in [0.1, 0.15) is 11.3 Å². The Morgan fingerprint density at radius 3 is 2.60 bits per heavy atom. The fourth-order valence-corrected chi connectivity index (χ4v) is 5.90. The molecule has 1 heterocycles. The summed E-state index contributed by atoms with van der Waals surface area (Å²) in [6, 6.07) is 8.37. The smallest absolute Gasteiger partial charge is 0.420 e. The zero-order chi connectivity index (χ0) is 25.1. The van der Waals surface area contributed by atoms with Crippen molar-refractivity contribution in [2.24, 2.45) is 11.3 Å². The van der Waals surface area contributed by atoms with Crippen molar-refractivity contribution in [3.8, 4) is 5.75 Å². The second-order valence-corrected chi connectivity index (χ2v) is 10.7. The zero-order valence-corrected chi connectivity index (χ0v) is 20.4. The highest BCUT2D eigenvalue weighted by atomic mass is 19.4. The molecule has 7 heteroatoms. The van der Waals surface area contributed by atoms with Crippen molar-refractivity contribution in [3.63, 3.8) is 0 Å². The number of alkyl halides is 3. The van der Waals surface area contributed by atoms with Gasteiger partial charge in [0.2, 0.25) is 0 Å². The molecule has 0 unspecified atom stereocenters. The second-order valence-electron chi connectivity index (χ2n) is 10.7. The fraction of sp³-hybridized carbons (Fsp3) is 0.607. The van der Waals surface area contributed by atoms with Crippen LogP contribution in [0.1, 0.15) is 75.8 Å². The predicted octanol–water partition coefficient (Wildman–Crippen LogP) is 6.98. The Morgan fingerprint density at radius 2 is 1.94 bits per heavy atom. The van der Waals surface area contributed by atoms with Gasteiger partial charge in [0, 0.05) is 6.54 Å². The lowest BCUT2D eigenvalue weighted by Crippen LogP contribution is -2.41. The maximum atomic E-state index is 14.1. The second kappa shape index (κ2) is 10.8. The summed E-state index contributed by atoms with van der Waals surface area (Å²) in [5.41, 5.74) is 0.0387. The normalized spacial score (nSPS) is 25.5. The lowest BCUT2D eigenvalue weighted by atomic mass is 9.74. The van der Waals surface area contributed by atoms with Gasteiger partial charge in [-0.3, -0.25) is 4.79 Å². The number of halogens is 3. The van der Waals surface area contributed by atoms with Crippen LogP contribution in [0.15, 0.2) is 30.3 Å². The third-order valence-electron chi connectivity index (χ3n) is 7.85. The largest absolute Gasteiger partial charge is 0.490 e. The number of hydrogen-bond donors (Lipinski definition) is 2. The molecule has 0 radical (unpaired) electrons. The van der Waals surface area contributed by atoms with E-state index in [-0.39, 0.29) is 29.1 Å². The van der Waals surface area contributed by atoms with Crippen LogP contribution in [-0.2, 0) is 17.4 Å². The topological polar surface area (TPSA) is 58.6 Å². The van der Waals surface area contributed by atoms with Crippen molar-refractivity contribution in [1.82, 2.24) is 5.32 Å². The summed E-state index contributed by atoms with van der Waals surface area (Å²) in [5.74, 6) is -0.252. The lowest BCUT2D eigenvalue weighted by Gasteiger charge is -2.36. The first-order chi connectivity index (χ1) is 16.7. The van der Waals surface area contributed by atoms with Crippen molar-refractivity contribution in [3.05, 3.63) is 41.5 Å². The molecule has 2 aromatic rings. The summed E-state index contributed by atoms with van der Waals surface area (Å²) < 4.78 is 48.2. The van der Waals surface area contributed by atoms with Gasteiger partial charge in [-0.25, -0.2) is 0 Å². The molecule has 0 bridgehead atoms. The van der Waals surface area contributed by atoms with Gasteiger partial charge in [-0.2, -0.15) is 13.2 Å². The summed E-state index contributed by atoms with van der Waals surface area (Å²) in [5, 5.41) is 13.4. The third-order valence-corrected chi connectivity index (χ3v) is 7.85. The number of piperidine rings is 1. The first-order valence-corrected chi connectivity index (χ1v) is 12.9. The van der Waals surface area contributed by atoms with Crippen LogP contribution in [-0.4, -0.2) is 30.3 Å². The minimum atomic E-state index is -4.50. The number of ether oxygens (including phenoxy) is 1. The van der Waals surface area contributed by atoms with E-state index in [1.54, 1.807) is 18.2 Å². The molecule has 2 aromatic carbocycles. The van der Waals surface area contributed by atoms with Crippen LogP contribution in [0.25, 0.3) is 10.8 Å². The van der Waals surface area contributed by atoms with Gasteiger partial charge in [-0.15, -0.1) is 0 Å². The molecule has 192 valence electrons. The summed E-state index contributed by atoms with van der Waals surface area (Å²) in [7, 11) is 0. The SMILES string of the molecule is CC1CCC(Oc2ccc3cc(CCC[C@@]4(CC(=O)O)CCCNC4)ccc3c2C(F)(F)F)CC1. The summed E-state index contributed by atoms with van der Waals surface area (Å²) >= 11 is 0. The van der Waals surface area contributed by atoms with Crippen molar-refractivity contribution < 1.29 is 27.8 Å². The highest BCUT2D eigenvalue weighted by Crippen LogP contribution is 2.43. The molecule has 2 fully saturated rings. The molecular weight excluding hydrogens is 455 g/mol. The van der Waals surface area contributed by atoms with E-state index in [4.69, 9.17) is 4.74 Å². The number of aliphatic carboxylic acids is 1. The summed E-state index contributed by atoms with van der Waals surface area (Å²) in [4.78, 5) is 11.4. The van der Waals surface area contributed by atoms with Gasteiger partial charge in [0.05, 0.1) is 12.5 Å². The summed E-state index contributed by atoms with van der Waals surface area (Å²) in [6.07, 6.45) is 3.15. The van der Waals surface area contributed by atoms with Crippen LogP contribution < -0.4 is 10.1 Å². The maximum Gasteiger partial charge on any atom is 0.420 e. The molecule has 1 atom stereocenters. The molecule has 2 N–H and O–H groups in total. The van der Waals surface area contributed by atoms with Crippen molar-refractivity contribution in [2.75, 3.05) is 13.1 Å². The predicted molar refractivity (Wildman–Crippen MR) is 131 cm³/mol. The number of aryl methyl sites for hydroxylation is 1. The van der Waals surface area contributed by atoms with Gasteiger partial charge in [0.25, 0.3) is 0 Å². The molecule has 2 aliphatic rings. The van der Waals surface area contributed by atoms with E-state index in [2.05, 4.69) is 12.2 Å². The van der Waals surface area contributed by atoms with Crippen molar-refractivity contribution in [1.29, 1.82) is 0 Å². The van der Waals surface area contributed by atoms with Crippen LogP contribution >= 0.6 is 0 Å². The highest BCUT2D eigenvalue weighted by Gasteiger charge is 2.37. The maximum absolute atomic E-state index is 14.1. The Kier molecular flexibility index (Phi) is 7.94. The molecular formula is C28H36F3NO3. The molecule has 1 saturated heterocycles. The van der Waals surface area contributed by atoms with Gasteiger partial charge in [-0.1, -0.05) is 31.2 Å². The minimum Gasteiger partial charge on any atom is -0.490 e. The van der Waals surface area contributed by atoms with E-state index in [1.807, 2.05) is 6.07 Å². The lowest BCUT2D eigenvalue weighted by molar-refractivity contribution is -0.140. The van der Waals surface area contributed by atoms with Crippen LogP contribution in [0.4, 0.5) is 13.2 Å². The molecule has 1 aliphatic carbocycles. The average Bonchev–Trinajstić information content (AvgIpc) is 2.80. The summed E-state index contributed by atoms with van der Waals surface area (Å²) in [6.45, 7) is 3.79. The average molecular weight is 492 g/mol. The molecule has 0 amide bonds. The first kappa shape index (κ1) is 25.8. The van der Waals surface area contributed by atoms with Crippen molar-refractivity contribution in [2.45, 2.75) is 83.4 Å². The van der Waals surface area contributed by atoms with Gasteiger partial charge < -0.3 is 15.2 Å². The Balaban J connectivity index is 1.50. The van der Waals surface area contributed by atoms with Gasteiger partial charge in [0.15, 0.2) is 0 Å². The van der Waals surface area contributed by atoms with E-state index >= 15 is 0 Å². The Hall–Kier alpha value is -2.28. The monoisotopic (exact) mass is 491 g/mol. The number of rotatable bonds is 8. The van der Waals surface area contributed by atoms with E-state index in [0.717, 1.165) is 63.5 Å². The van der Waals surface area contributed by atoms with Crippen molar-refractivity contribution >= 4 is 16.7 Å². The Bertz CT molecular complexity index is 1020. The quantitative estimate of drug-likeness (QED) is 0.418. The van der Waals surface area contributed by atoms with E-state index in [0.29, 0.717) is 24.3 Å². The number of hydrogen-bond acceptors (Lipinski definition) is 3. The van der Waals surface area contributed by atoms with Gasteiger partial charge >= 0.3 is 12.1 Å². The number of carboxylic acid groups (broad SMARTS) is 1. The molecule has 0 spiro atoms. The highest BCUT2D eigenvalue weighted by molar-refractivity contribution is 5.89. The standard InChI is InChI=1S/C28H36F3NO3/c1-19-5-9-22(10-6-19)35-24-12-8-21-16-20(7-11-23(21)26(24)28(29,30)31)4-2-13-27(17-25(33)34)14-3-15-32-18-27/h7-8,11-12,16,19,22,32H,2-6,9-10,13-15,17-18H2,1H3,(H,33,34)/t19?,22?,27-/m0/s1. The number of nitrogens with one attached hydrogen (secondary N) is 1. The minimum absolute atomic E-state index is 0.0716. The van der Waals surface area contributed by atoms with Gasteiger partial charge in [-0.05, 0) is 98.1 Å².